The SMILES string of the molecule is Nc1ccc(OCCOCCCCCC(=O)Nc2cccc3c2C(=O)N(C2CCC(=O)NC2=O)C3=O)cc1. The van der Waals surface area contributed by atoms with Gasteiger partial charge in [-0.15, -0.1) is 0 Å². The van der Waals surface area contributed by atoms with Crippen LogP contribution in [0, 0.1) is 0 Å². The van der Waals surface area contributed by atoms with Crippen molar-refractivity contribution >= 4 is 40.9 Å². The fourth-order valence-electron chi connectivity index (χ4n) is 4.38. The molecule has 2 aromatic rings. The van der Waals surface area contributed by atoms with E-state index in [1.54, 1.807) is 36.4 Å². The summed E-state index contributed by atoms with van der Waals surface area (Å²) in [5.74, 6) is -1.95. The van der Waals surface area contributed by atoms with Crippen LogP contribution < -0.4 is 21.1 Å². The molecule has 5 amide bonds. The number of nitrogens with two attached hydrogens (primary N) is 1. The summed E-state index contributed by atoms with van der Waals surface area (Å²) in [7, 11) is 0. The minimum Gasteiger partial charge on any atom is -0.491 e. The van der Waals surface area contributed by atoms with Gasteiger partial charge in [-0.2, -0.15) is 0 Å². The van der Waals surface area contributed by atoms with E-state index < -0.39 is 29.7 Å². The molecule has 1 saturated heterocycles. The second-order valence-electron chi connectivity index (χ2n) is 9.06. The molecule has 4 N–H and O–H groups in total. The number of piperidine rings is 1. The predicted octanol–water partition coefficient (Wildman–Crippen LogP) is 2.26. The highest BCUT2D eigenvalue weighted by Crippen LogP contribution is 2.32. The zero-order valence-electron chi connectivity index (χ0n) is 20.9. The second kappa shape index (κ2) is 12.3. The first-order chi connectivity index (χ1) is 18.3. The molecule has 200 valence electrons. The number of hydrogen-bond acceptors (Lipinski definition) is 8. The van der Waals surface area contributed by atoms with Crippen LogP contribution in [0.2, 0.25) is 0 Å². The third-order valence-corrected chi connectivity index (χ3v) is 6.31. The van der Waals surface area contributed by atoms with E-state index in [1.807, 2.05) is 0 Å². The molecule has 1 unspecified atom stereocenters. The van der Waals surface area contributed by atoms with Gasteiger partial charge in [0.15, 0.2) is 0 Å². The van der Waals surface area contributed by atoms with Crippen LogP contribution >= 0.6 is 0 Å². The van der Waals surface area contributed by atoms with E-state index >= 15 is 0 Å². The fraction of sp³-hybridized carbons (Fsp3) is 0.370. The minimum absolute atomic E-state index is 0.0375. The standard InChI is InChI=1S/C27H30N4O7/c28-17-8-10-18(11-9-17)38-16-15-37-14-3-1-2-7-22(32)29-20-6-4-5-19-24(20)27(36)31(26(19)35)21-12-13-23(33)30-25(21)34/h4-6,8-11,21H,1-3,7,12-16,28H2,(H,29,32)(H,30,33,34). The van der Waals surface area contributed by atoms with Crippen LogP contribution in [0.25, 0.3) is 0 Å². The number of carbonyl (C=O) groups is 5. The number of anilines is 2. The van der Waals surface area contributed by atoms with E-state index in [-0.39, 0.29) is 42.0 Å². The average molecular weight is 523 g/mol. The highest BCUT2D eigenvalue weighted by atomic mass is 16.5. The summed E-state index contributed by atoms with van der Waals surface area (Å²) in [6.45, 7) is 1.42. The maximum Gasteiger partial charge on any atom is 0.264 e. The topological polar surface area (TPSA) is 157 Å². The van der Waals surface area contributed by atoms with E-state index in [4.69, 9.17) is 15.2 Å². The van der Waals surface area contributed by atoms with E-state index in [2.05, 4.69) is 10.6 Å². The summed E-state index contributed by atoms with van der Waals surface area (Å²) >= 11 is 0. The number of hydrogen-bond donors (Lipinski definition) is 3. The largest absolute Gasteiger partial charge is 0.491 e. The number of amides is 5. The molecule has 0 bridgehead atoms. The number of rotatable bonds is 12. The quantitative estimate of drug-likeness (QED) is 0.218. The average Bonchev–Trinajstić information content (AvgIpc) is 3.14. The number of ether oxygens (including phenoxy) is 2. The van der Waals surface area contributed by atoms with Crippen LogP contribution in [0.15, 0.2) is 42.5 Å². The highest BCUT2D eigenvalue weighted by Gasteiger charge is 2.45. The van der Waals surface area contributed by atoms with Crippen LogP contribution in [0.4, 0.5) is 11.4 Å². The number of nitrogens with zero attached hydrogens (tertiary/aromatic N) is 1. The third-order valence-electron chi connectivity index (χ3n) is 6.31. The van der Waals surface area contributed by atoms with E-state index in [0.29, 0.717) is 31.9 Å². The first kappa shape index (κ1) is 26.8. The molecule has 0 aromatic heterocycles. The van der Waals surface area contributed by atoms with Gasteiger partial charge >= 0.3 is 0 Å². The van der Waals surface area contributed by atoms with E-state index in [1.165, 1.54) is 6.07 Å². The van der Waals surface area contributed by atoms with Gasteiger partial charge in [0.25, 0.3) is 11.8 Å². The normalized spacial score (nSPS) is 16.8. The van der Waals surface area contributed by atoms with Crippen LogP contribution in [-0.2, 0) is 19.1 Å². The number of nitrogens with one attached hydrogen (secondary N) is 2. The lowest BCUT2D eigenvalue weighted by Gasteiger charge is -2.27. The van der Waals surface area contributed by atoms with Gasteiger partial charge in [0.2, 0.25) is 17.7 Å². The van der Waals surface area contributed by atoms with Crippen molar-refractivity contribution in [1.29, 1.82) is 0 Å². The Kier molecular flexibility index (Phi) is 8.70. The van der Waals surface area contributed by atoms with Gasteiger partial charge in [0, 0.05) is 25.1 Å². The van der Waals surface area contributed by atoms with E-state index in [0.717, 1.165) is 23.5 Å². The van der Waals surface area contributed by atoms with Crippen molar-refractivity contribution in [3.63, 3.8) is 0 Å². The molecule has 1 atom stereocenters. The summed E-state index contributed by atoms with van der Waals surface area (Å²) < 4.78 is 11.1. The Bertz CT molecular complexity index is 1230. The van der Waals surface area contributed by atoms with Crippen molar-refractivity contribution in [3.05, 3.63) is 53.6 Å². The third kappa shape index (κ3) is 6.35. The second-order valence-corrected chi connectivity index (χ2v) is 9.06. The Balaban J connectivity index is 1.18. The molecule has 2 aromatic carbocycles. The molecule has 0 saturated carbocycles. The number of fused-ring (bicyclic) bond motifs is 1. The minimum atomic E-state index is -1.06. The monoisotopic (exact) mass is 522 g/mol. The molecule has 11 heteroatoms. The molecular weight excluding hydrogens is 492 g/mol. The Labute approximate surface area is 219 Å². The molecule has 11 nitrogen and oxygen atoms in total. The smallest absolute Gasteiger partial charge is 0.264 e. The summed E-state index contributed by atoms with van der Waals surface area (Å²) in [6.07, 6.45) is 2.53. The van der Waals surface area contributed by atoms with Crippen LogP contribution in [0.1, 0.15) is 59.2 Å². The number of benzene rings is 2. The first-order valence-electron chi connectivity index (χ1n) is 12.6. The number of imide groups is 2. The maximum atomic E-state index is 13.1. The zero-order chi connectivity index (χ0) is 27.1. The predicted molar refractivity (Wildman–Crippen MR) is 137 cm³/mol. The lowest BCUT2D eigenvalue weighted by molar-refractivity contribution is -0.136. The maximum absolute atomic E-state index is 13.1. The Hall–Kier alpha value is -4.25. The molecule has 4 rings (SSSR count). The molecule has 0 radical (unpaired) electrons. The van der Waals surface area contributed by atoms with Gasteiger partial charge in [-0.05, 0) is 55.7 Å². The summed E-state index contributed by atoms with van der Waals surface area (Å²) in [4.78, 5) is 63.1. The molecule has 2 heterocycles. The lowest BCUT2D eigenvalue weighted by atomic mass is 10.0. The Morgan fingerprint density at radius 1 is 0.974 bits per heavy atom. The molecule has 2 aliphatic rings. The van der Waals surface area contributed by atoms with Crippen LogP contribution in [0.3, 0.4) is 0 Å². The Morgan fingerprint density at radius 2 is 1.76 bits per heavy atom. The lowest BCUT2D eigenvalue weighted by Crippen LogP contribution is -2.54. The molecule has 2 aliphatic heterocycles. The van der Waals surface area contributed by atoms with Crippen molar-refractivity contribution < 1.29 is 33.4 Å². The molecule has 0 aliphatic carbocycles. The van der Waals surface area contributed by atoms with Crippen molar-refractivity contribution in [3.8, 4) is 5.75 Å². The van der Waals surface area contributed by atoms with Gasteiger partial charge in [-0.25, -0.2) is 0 Å². The zero-order valence-corrected chi connectivity index (χ0v) is 20.9. The summed E-state index contributed by atoms with van der Waals surface area (Å²) in [6, 6.07) is 10.7. The van der Waals surface area contributed by atoms with Crippen molar-refractivity contribution in [1.82, 2.24) is 10.2 Å². The van der Waals surface area contributed by atoms with Crippen molar-refractivity contribution in [2.45, 2.75) is 44.6 Å². The van der Waals surface area contributed by atoms with Crippen LogP contribution in [0.5, 0.6) is 5.75 Å². The summed E-state index contributed by atoms with van der Waals surface area (Å²) in [5.41, 5.74) is 6.72. The van der Waals surface area contributed by atoms with Gasteiger partial charge in [0.05, 0.1) is 23.4 Å². The number of carbonyl (C=O) groups excluding carboxylic acids is 5. The molecule has 38 heavy (non-hydrogen) atoms. The highest BCUT2D eigenvalue weighted by molar-refractivity contribution is 6.26. The Morgan fingerprint density at radius 3 is 2.53 bits per heavy atom. The fourth-order valence-corrected chi connectivity index (χ4v) is 4.38. The van der Waals surface area contributed by atoms with Gasteiger partial charge in [0.1, 0.15) is 18.4 Å². The summed E-state index contributed by atoms with van der Waals surface area (Å²) in [5, 5.41) is 4.89. The van der Waals surface area contributed by atoms with Gasteiger partial charge < -0.3 is 20.5 Å². The van der Waals surface area contributed by atoms with Crippen molar-refractivity contribution in [2.75, 3.05) is 30.9 Å². The molecular formula is C27H30N4O7. The van der Waals surface area contributed by atoms with E-state index in [9.17, 15) is 24.0 Å². The van der Waals surface area contributed by atoms with Gasteiger partial charge in [-0.3, -0.25) is 34.2 Å². The van der Waals surface area contributed by atoms with Crippen LogP contribution in [-0.4, -0.2) is 60.3 Å². The number of nitrogen functional groups attached to an aromatic ring is 1. The van der Waals surface area contributed by atoms with Gasteiger partial charge in [-0.1, -0.05) is 12.5 Å². The molecule has 0 spiro atoms. The molecule has 1 fully saturated rings. The van der Waals surface area contributed by atoms with Crippen molar-refractivity contribution in [2.24, 2.45) is 0 Å². The first-order valence-corrected chi connectivity index (χ1v) is 12.6. The number of unbranched alkanes of at least 4 members (excludes halogenated alkanes) is 2.